The highest BCUT2D eigenvalue weighted by Crippen LogP contribution is 2.30. The van der Waals surface area contributed by atoms with E-state index in [9.17, 15) is 4.79 Å². The van der Waals surface area contributed by atoms with E-state index in [0.29, 0.717) is 0 Å². The Balaban J connectivity index is 1.87. The number of para-hydroxylation sites is 1. The quantitative estimate of drug-likeness (QED) is 0.542. The second-order valence-electron chi connectivity index (χ2n) is 7.41. The third-order valence-corrected chi connectivity index (χ3v) is 5.10. The van der Waals surface area contributed by atoms with Crippen molar-refractivity contribution in [3.63, 3.8) is 0 Å². The van der Waals surface area contributed by atoms with Gasteiger partial charge in [0.2, 0.25) is 5.91 Å². The molecule has 3 rings (SSSR count). The number of carbonyl (C=O) groups is 1. The van der Waals surface area contributed by atoms with E-state index in [1.165, 1.54) is 18.4 Å². The van der Waals surface area contributed by atoms with Crippen molar-refractivity contribution in [3.05, 3.63) is 66.4 Å². The van der Waals surface area contributed by atoms with Gasteiger partial charge in [0.1, 0.15) is 0 Å². The summed E-state index contributed by atoms with van der Waals surface area (Å²) in [6, 6.07) is 18.2. The number of fused-ring (bicyclic) bond motifs is 1. The lowest BCUT2D eigenvalue weighted by Crippen LogP contribution is -2.34. The standard InChI is InChI=1S/C23H28N2O/c1-4-5-11-16-25-17-20(19-14-9-10-15-21(19)25)24-22(26)23(2,3)18-12-7-6-8-13-18/h6-10,12-15,17H,4-5,11,16H2,1-3H3,(H,24,26). The summed E-state index contributed by atoms with van der Waals surface area (Å²) in [5.41, 5.74) is 2.50. The number of anilines is 1. The van der Waals surface area contributed by atoms with Gasteiger partial charge in [-0.2, -0.15) is 0 Å². The number of carbonyl (C=O) groups excluding carboxylic acids is 1. The molecule has 0 unspecified atom stereocenters. The van der Waals surface area contributed by atoms with E-state index in [2.05, 4.69) is 41.2 Å². The summed E-state index contributed by atoms with van der Waals surface area (Å²) in [4.78, 5) is 13.0. The molecule has 1 N–H and O–H groups in total. The van der Waals surface area contributed by atoms with Crippen LogP contribution in [0.2, 0.25) is 0 Å². The largest absolute Gasteiger partial charge is 0.345 e. The molecule has 2 aromatic carbocycles. The number of rotatable bonds is 7. The Labute approximate surface area is 156 Å². The minimum Gasteiger partial charge on any atom is -0.345 e. The lowest BCUT2D eigenvalue weighted by atomic mass is 9.83. The second-order valence-corrected chi connectivity index (χ2v) is 7.41. The number of aryl methyl sites for hydroxylation is 1. The molecule has 0 saturated heterocycles. The third kappa shape index (κ3) is 3.67. The molecule has 0 aliphatic carbocycles. The predicted molar refractivity (Wildman–Crippen MR) is 110 cm³/mol. The van der Waals surface area contributed by atoms with Gasteiger partial charge in [0.05, 0.1) is 16.6 Å². The molecule has 3 heteroatoms. The van der Waals surface area contributed by atoms with Gasteiger partial charge in [0, 0.05) is 18.1 Å². The minimum absolute atomic E-state index is 0.0140. The zero-order valence-electron chi connectivity index (χ0n) is 16.0. The van der Waals surface area contributed by atoms with Crippen LogP contribution in [0, 0.1) is 0 Å². The van der Waals surface area contributed by atoms with Crippen LogP contribution in [0.1, 0.15) is 45.6 Å². The van der Waals surface area contributed by atoms with Gasteiger partial charge in [-0.1, -0.05) is 68.3 Å². The second kappa shape index (κ2) is 7.77. The van der Waals surface area contributed by atoms with Crippen molar-refractivity contribution in [2.45, 2.75) is 52.0 Å². The van der Waals surface area contributed by atoms with Crippen molar-refractivity contribution in [1.82, 2.24) is 4.57 Å². The molecule has 0 aliphatic heterocycles. The van der Waals surface area contributed by atoms with Crippen LogP contribution in [0.25, 0.3) is 10.9 Å². The normalized spacial score (nSPS) is 11.7. The maximum atomic E-state index is 13.0. The Kier molecular flexibility index (Phi) is 5.46. The lowest BCUT2D eigenvalue weighted by Gasteiger charge is -2.24. The lowest BCUT2D eigenvalue weighted by molar-refractivity contribution is -0.120. The van der Waals surface area contributed by atoms with E-state index >= 15 is 0 Å². The molecule has 0 fully saturated rings. The van der Waals surface area contributed by atoms with Crippen LogP contribution >= 0.6 is 0 Å². The van der Waals surface area contributed by atoms with Gasteiger partial charge in [-0.05, 0) is 31.9 Å². The molecule has 0 atom stereocenters. The highest BCUT2D eigenvalue weighted by Gasteiger charge is 2.30. The molecule has 1 amide bonds. The summed E-state index contributed by atoms with van der Waals surface area (Å²) in [6.07, 6.45) is 5.65. The van der Waals surface area contributed by atoms with E-state index in [0.717, 1.165) is 29.6 Å². The molecule has 0 radical (unpaired) electrons. The van der Waals surface area contributed by atoms with Crippen molar-refractivity contribution < 1.29 is 4.79 Å². The zero-order valence-corrected chi connectivity index (χ0v) is 16.0. The molecule has 0 bridgehead atoms. The maximum absolute atomic E-state index is 13.0. The van der Waals surface area contributed by atoms with Gasteiger partial charge in [-0.25, -0.2) is 0 Å². The van der Waals surface area contributed by atoms with E-state index in [4.69, 9.17) is 0 Å². The summed E-state index contributed by atoms with van der Waals surface area (Å²) >= 11 is 0. The van der Waals surface area contributed by atoms with E-state index in [1.807, 2.05) is 50.2 Å². The summed E-state index contributed by atoms with van der Waals surface area (Å²) in [6.45, 7) is 7.13. The molecule has 3 aromatic rings. The summed E-state index contributed by atoms with van der Waals surface area (Å²) in [5, 5.41) is 4.27. The first-order valence-electron chi connectivity index (χ1n) is 9.49. The number of benzene rings is 2. The molecule has 0 saturated carbocycles. The van der Waals surface area contributed by atoms with Crippen LogP contribution < -0.4 is 5.32 Å². The molecular weight excluding hydrogens is 320 g/mol. The monoisotopic (exact) mass is 348 g/mol. The average Bonchev–Trinajstić information content (AvgIpc) is 3.00. The number of nitrogens with zero attached hydrogens (tertiary/aromatic N) is 1. The number of aromatic nitrogens is 1. The molecule has 136 valence electrons. The Morgan fingerprint density at radius 3 is 2.42 bits per heavy atom. The van der Waals surface area contributed by atoms with Gasteiger partial charge >= 0.3 is 0 Å². The van der Waals surface area contributed by atoms with E-state index < -0.39 is 5.41 Å². The molecule has 0 spiro atoms. The highest BCUT2D eigenvalue weighted by molar-refractivity contribution is 6.05. The van der Waals surface area contributed by atoms with Crippen LogP contribution in [0.15, 0.2) is 60.8 Å². The molecule has 1 aromatic heterocycles. The van der Waals surface area contributed by atoms with E-state index in [-0.39, 0.29) is 5.91 Å². The average molecular weight is 348 g/mol. The molecule has 3 nitrogen and oxygen atoms in total. The fourth-order valence-corrected chi connectivity index (χ4v) is 3.33. The van der Waals surface area contributed by atoms with Gasteiger partial charge in [-0.15, -0.1) is 0 Å². The van der Waals surface area contributed by atoms with Gasteiger partial charge in [0.25, 0.3) is 0 Å². The topological polar surface area (TPSA) is 34.0 Å². The predicted octanol–water partition coefficient (Wildman–Crippen LogP) is 5.75. The molecule has 26 heavy (non-hydrogen) atoms. The number of hydrogen-bond donors (Lipinski definition) is 1. The molecule has 1 heterocycles. The molecule has 0 aliphatic rings. The first-order chi connectivity index (χ1) is 12.5. The van der Waals surface area contributed by atoms with E-state index in [1.54, 1.807) is 0 Å². The summed E-state index contributed by atoms with van der Waals surface area (Å²) < 4.78 is 2.26. The number of unbranched alkanes of at least 4 members (excludes halogenated alkanes) is 2. The Morgan fingerprint density at radius 2 is 1.69 bits per heavy atom. The van der Waals surface area contributed by atoms with Crippen molar-refractivity contribution in [2.75, 3.05) is 5.32 Å². The van der Waals surface area contributed by atoms with Crippen molar-refractivity contribution in [1.29, 1.82) is 0 Å². The summed E-state index contributed by atoms with van der Waals surface area (Å²) in [5.74, 6) is 0.0140. The Hall–Kier alpha value is -2.55. The van der Waals surface area contributed by atoms with Crippen molar-refractivity contribution >= 4 is 22.5 Å². The number of amides is 1. The maximum Gasteiger partial charge on any atom is 0.234 e. The van der Waals surface area contributed by atoms with Gasteiger partial charge in [0.15, 0.2) is 0 Å². The first kappa shape index (κ1) is 18.2. The van der Waals surface area contributed by atoms with Crippen LogP contribution in [-0.2, 0) is 16.8 Å². The smallest absolute Gasteiger partial charge is 0.234 e. The Bertz CT molecular complexity index is 878. The molecular formula is C23H28N2O. The van der Waals surface area contributed by atoms with Crippen LogP contribution in [0.5, 0.6) is 0 Å². The fraction of sp³-hybridized carbons (Fsp3) is 0.348. The van der Waals surface area contributed by atoms with Crippen LogP contribution in [0.4, 0.5) is 5.69 Å². The third-order valence-electron chi connectivity index (χ3n) is 5.10. The fourth-order valence-electron chi connectivity index (χ4n) is 3.33. The first-order valence-corrected chi connectivity index (χ1v) is 9.49. The Morgan fingerprint density at radius 1 is 1.00 bits per heavy atom. The van der Waals surface area contributed by atoms with Crippen LogP contribution in [0.3, 0.4) is 0 Å². The van der Waals surface area contributed by atoms with Gasteiger partial charge in [-0.3, -0.25) is 4.79 Å². The number of nitrogens with one attached hydrogen (secondary N) is 1. The zero-order chi connectivity index (χ0) is 18.6. The van der Waals surface area contributed by atoms with Crippen molar-refractivity contribution in [2.24, 2.45) is 0 Å². The minimum atomic E-state index is -0.591. The summed E-state index contributed by atoms with van der Waals surface area (Å²) in [7, 11) is 0. The van der Waals surface area contributed by atoms with Crippen molar-refractivity contribution in [3.8, 4) is 0 Å². The van der Waals surface area contributed by atoms with Crippen LogP contribution in [-0.4, -0.2) is 10.5 Å². The number of hydrogen-bond acceptors (Lipinski definition) is 1. The highest BCUT2D eigenvalue weighted by atomic mass is 16.2. The van der Waals surface area contributed by atoms with Gasteiger partial charge < -0.3 is 9.88 Å². The SMILES string of the molecule is CCCCCn1cc(NC(=O)C(C)(C)c2ccccc2)c2ccccc21.